The lowest BCUT2D eigenvalue weighted by molar-refractivity contribution is -0.131. The van der Waals surface area contributed by atoms with E-state index in [1.807, 2.05) is 0 Å². The van der Waals surface area contributed by atoms with Crippen LogP contribution in [0, 0.1) is 5.92 Å². The zero-order chi connectivity index (χ0) is 13.6. The highest BCUT2D eigenvalue weighted by molar-refractivity contribution is 7.90. The second kappa shape index (κ2) is 6.96. The molecule has 0 aromatic heterocycles. The van der Waals surface area contributed by atoms with E-state index < -0.39 is 15.9 Å². The Morgan fingerprint density at radius 1 is 1.35 bits per heavy atom. The molecule has 1 amide bonds. The summed E-state index contributed by atoms with van der Waals surface area (Å²) in [6.45, 7) is 4.83. The van der Waals surface area contributed by atoms with E-state index in [-0.39, 0.29) is 11.7 Å². The maximum atomic E-state index is 12.0. The molecule has 0 aliphatic heterocycles. The molecule has 0 aliphatic carbocycles. The van der Waals surface area contributed by atoms with Gasteiger partial charge in [-0.15, -0.1) is 0 Å². The molecule has 1 N–H and O–H groups in total. The summed E-state index contributed by atoms with van der Waals surface area (Å²) in [5, 5.41) is 2.76. The zero-order valence-corrected chi connectivity index (χ0v) is 12.2. The van der Waals surface area contributed by atoms with E-state index in [0.717, 1.165) is 12.7 Å². The fourth-order valence-corrected chi connectivity index (χ4v) is 2.32. The van der Waals surface area contributed by atoms with Gasteiger partial charge < -0.3 is 10.2 Å². The van der Waals surface area contributed by atoms with Gasteiger partial charge in [0.2, 0.25) is 5.91 Å². The predicted octanol–water partition coefficient (Wildman–Crippen LogP) is 0.124. The van der Waals surface area contributed by atoms with Gasteiger partial charge in [0, 0.05) is 19.8 Å². The molecular formula is C11H24N2O3S. The molecule has 0 aromatic rings. The molecule has 0 rings (SSSR count). The molecule has 0 saturated heterocycles. The van der Waals surface area contributed by atoms with Gasteiger partial charge in [-0.1, -0.05) is 13.8 Å². The molecule has 1 atom stereocenters. The van der Waals surface area contributed by atoms with Gasteiger partial charge in [0.15, 0.2) is 0 Å². The van der Waals surface area contributed by atoms with Crippen molar-refractivity contribution in [2.24, 2.45) is 5.92 Å². The molecule has 0 saturated carbocycles. The third-order valence-electron chi connectivity index (χ3n) is 2.53. The number of rotatable bonds is 7. The summed E-state index contributed by atoms with van der Waals surface area (Å²) in [7, 11) is 0.152. The van der Waals surface area contributed by atoms with Crippen LogP contribution in [0.3, 0.4) is 0 Å². The molecule has 1 unspecified atom stereocenters. The second-order valence-corrected chi connectivity index (χ2v) is 7.06. The maximum absolute atomic E-state index is 12.0. The first-order valence-electron chi connectivity index (χ1n) is 5.77. The summed E-state index contributed by atoms with van der Waals surface area (Å²) in [6, 6.07) is -0.651. The van der Waals surface area contributed by atoms with Crippen molar-refractivity contribution in [2.75, 3.05) is 32.6 Å². The quantitative estimate of drug-likeness (QED) is 0.709. The summed E-state index contributed by atoms with van der Waals surface area (Å²) in [4.78, 5) is 13.6. The van der Waals surface area contributed by atoms with E-state index in [1.165, 1.54) is 0 Å². The first-order valence-corrected chi connectivity index (χ1v) is 7.83. The Kier molecular flexibility index (Phi) is 6.70. The SMILES string of the molecule is CNC(CS(C)(=O)=O)C(=O)N(C)CCC(C)C. The van der Waals surface area contributed by atoms with E-state index in [9.17, 15) is 13.2 Å². The molecule has 0 heterocycles. The van der Waals surface area contributed by atoms with Gasteiger partial charge in [-0.2, -0.15) is 0 Å². The molecule has 0 spiro atoms. The summed E-state index contributed by atoms with van der Waals surface area (Å²) >= 11 is 0. The van der Waals surface area contributed by atoms with Crippen LogP contribution < -0.4 is 5.32 Å². The summed E-state index contributed by atoms with van der Waals surface area (Å²) in [5.74, 6) is 0.195. The smallest absolute Gasteiger partial charge is 0.240 e. The van der Waals surface area contributed by atoms with Crippen LogP contribution in [0.5, 0.6) is 0 Å². The molecule has 0 aromatic carbocycles. The summed E-state index contributed by atoms with van der Waals surface area (Å²) in [5.41, 5.74) is 0. The van der Waals surface area contributed by atoms with Crippen LogP contribution >= 0.6 is 0 Å². The number of carbonyl (C=O) groups excluding carboxylic acids is 1. The van der Waals surface area contributed by atoms with Gasteiger partial charge in [-0.25, -0.2) is 8.42 Å². The minimum Gasteiger partial charge on any atom is -0.344 e. The van der Waals surface area contributed by atoms with Crippen LogP contribution in [0.15, 0.2) is 0 Å². The van der Waals surface area contributed by atoms with Crippen molar-refractivity contribution in [3.05, 3.63) is 0 Å². The highest BCUT2D eigenvalue weighted by Gasteiger charge is 2.24. The van der Waals surface area contributed by atoms with Crippen molar-refractivity contribution in [3.8, 4) is 0 Å². The maximum Gasteiger partial charge on any atom is 0.240 e. The second-order valence-electron chi connectivity index (χ2n) is 4.88. The third-order valence-corrected chi connectivity index (χ3v) is 3.47. The summed E-state index contributed by atoms with van der Waals surface area (Å²) < 4.78 is 22.4. The molecule has 0 bridgehead atoms. The normalized spacial score (nSPS) is 13.8. The van der Waals surface area contributed by atoms with E-state index in [1.54, 1.807) is 19.0 Å². The Bertz CT molecular complexity index is 339. The fourth-order valence-electron chi connectivity index (χ4n) is 1.41. The number of carbonyl (C=O) groups is 1. The van der Waals surface area contributed by atoms with E-state index in [2.05, 4.69) is 19.2 Å². The number of nitrogens with zero attached hydrogens (tertiary/aromatic N) is 1. The lowest BCUT2D eigenvalue weighted by atomic mass is 10.1. The third kappa shape index (κ3) is 7.33. The standard InChI is InChI=1S/C11H24N2O3S/c1-9(2)6-7-13(4)11(14)10(12-3)8-17(5,15)16/h9-10,12H,6-8H2,1-5H3. The Hall–Kier alpha value is -0.620. The van der Waals surface area contributed by atoms with Crippen LogP contribution in [0.4, 0.5) is 0 Å². The number of amides is 1. The van der Waals surface area contributed by atoms with Crippen LogP contribution in [-0.2, 0) is 14.6 Å². The number of sulfone groups is 1. The average molecular weight is 264 g/mol. The van der Waals surface area contributed by atoms with Gasteiger partial charge in [-0.3, -0.25) is 4.79 Å². The monoisotopic (exact) mass is 264 g/mol. The van der Waals surface area contributed by atoms with E-state index in [4.69, 9.17) is 0 Å². The topological polar surface area (TPSA) is 66.5 Å². The van der Waals surface area contributed by atoms with Gasteiger partial charge in [0.1, 0.15) is 15.9 Å². The van der Waals surface area contributed by atoms with Crippen molar-refractivity contribution in [2.45, 2.75) is 26.3 Å². The van der Waals surface area contributed by atoms with Crippen molar-refractivity contribution in [3.63, 3.8) is 0 Å². The Labute approximate surface area is 104 Å². The van der Waals surface area contributed by atoms with Crippen molar-refractivity contribution in [1.82, 2.24) is 10.2 Å². The first-order chi connectivity index (χ1) is 7.67. The predicted molar refractivity (Wildman–Crippen MR) is 69.7 cm³/mol. The number of hydrogen-bond acceptors (Lipinski definition) is 4. The first kappa shape index (κ1) is 16.4. The highest BCUT2D eigenvalue weighted by Crippen LogP contribution is 2.03. The lowest BCUT2D eigenvalue weighted by Crippen LogP contribution is -2.47. The van der Waals surface area contributed by atoms with Crippen molar-refractivity contribution >= 4 is 15.7 Å². The molecule has 0 aliphatic rings. The number of likely N-dealkylation sites (N-methyl/N-ethyl adjacent to an activating group) is 2. The molecule has 5 nitrogen and oxygen atoms in total. The molecule has 0 fully saturated rings. The molecule has 17 heavy (non-hydrogen) atoms. The largest absolute Gasteiger partial charge is 0.344 e. The van der Waals surface area contributed by atoms with Gasteiger partial charge in [0.05, 0.1) is 5.75 Å². The van der Waals surface area contributed by atoms with Crippen molar-refractivity contribution < 1.29 is 13.2 Å². The van der Waals surface area contributed by atoms with Gasteiger partial charge >= 0.3 is 0 Å². The minimum absolute atomic E-state index is 0.158. The highest BCUT2D eigenvalue weighted by atomic mass is 32.2. The van der Waals surface area contributed by atoms with Crippen LogP contribution in [0.2, 0.25) is 0 Å². The Balaban J connectivity index is 4.43. The fraction of sp³-hybridized carbons (Fsp3) is 0.909. The molecular weight excluding hydrogens is 240 g/mol. The number of hydrogen-bond donors (Lipinski definition) is 1. The molecule has 102 valence electrons. The summed E-state index contributed by atoms with van der Waals surface area (Å²) in [6.07, 6.45) is 2.05. The van der Waals surface area contributed by atoms with Crippen LogP contribution in [-0.4, -0.2) is 57.9 Å². The Morgan fingerprint density at radius 2 is 1.88 bits per heavy atom. The lowest BCUT2D eigenvalue weighted by Gasteiger charge is -2.23. The van der Waals surface area contributed by atoms with Crippen LogP contribution in [0.25, 0.3) is 0 Å². The van der Waals surface area contributed by atoms with Gasteiger partial charge in [0.25, 0.3) is 0 Å². The minimum atomic E-state index is -3.16. The number of nitrogens with one attached hydrogen (secondary N) is 1. The zero-order valence-electron chi connectivity index (χ0n) is 11.4. The van der Waals surface area contributed by atoms with Crippen molar-refractivity contribution in [1.29, 1.82) is 0 Å². The Morgan fingerprint density at radius 3 is 2.24 bits per heavy atom. The van der Waals surface area contributed by atoms with Gasteiger partial charge in [-0.05, 0) is 19.4 Å². The van der Waals surface area contributed by atoms with Crippen LogP contribution in [0.1, 0.15) is 20.3 Å². The molecule has 0 radical (unpaired) electrons. The van der Waals surface area contributed by atoms with E-state index in [0.29, 0.717) is 12.5 Å². The van der Waals surface area contributed by atoms with E-state index >= 15 is 0 Å². The average Bonchev–Trinajstić information content (AvgIpc) is 2.20. The molecule has 6 heteroatoms.